The van der Waals surface area contributed by atoms with E-state index in [9.17, 15) is 14.6 Å². The van der Waals surface area contributed by atoms with Crippen molar-refractivity contribution in [3.63, 3.8) is 0 Å². The van der Waals surface area contributed by atoms with Crippen LogP contribution in [-0.4, -0.2) is 86.4 Å². The van der Waals surface area contributed by atoms with Crippen molar-refractivity contribution in [2.24, 2.45) is 11.8 Å². The number of nitrogens with zero attached hydrogens (tertiary/aromatic N) is 7. The molecule has 2 aliphatic heterocycles. The van der Waals surface area contributed by atoms with E-state index >= 15 is 4.39 Å². The van der Waals surface area contributed by atoms with E-state index in [2.05, 4.69) is 24.9 Å². The van der Waals surface area contributed by atoms with Crippen LogP contribution in [0.25, 0.3) is 28.0 Å². The van der Waals surface area contributed by atoms with Gasteiger partial charge >= 0.3 is 13.4 Å². The minimum atomic E-state index is -4.03. The number of rotatable bonds is 2. The van der Waals surface area contributed by atoms with Gasteiger partial charge in [0.2, 0.25) is 5.78 Å². The largest absolute Gasteiger partial charge is 0.382 e. The summed E-state index contributed by atoms with van der Waals surface area (Å²) in [6.45, 7) is -8.43. The summed E-state index contributed by atoms with van der Waals surface area (Å²) < 4.78 is 50.1. The lowest BCUT2D eigenvalue weighted by atomic mass is 9.70. The summed E-state index contributed by atoms with van der Waals surface area (Å²) >= 11 is 10.6. The van der Waals surface area contributed by atoms with E-state index in [1.807, 2.05) is 4.57 Å². The van der Waals surface area contributed by atoms with Gasteiger partial charge in [0.25, 0.3) is 5.56 Å². The first kappa shape index (κ1) is 30.6. The monoisotopic (exact) mass is 713 g/mol. The molecule has 46 heavy (non-hydrogen) atoms. The molecule has 22 heteroatoms. The Morgan fingerprint density at radius 2 is 1.85 bits per heavy atom. The van der Waals surface area contributed by atoms with E-state index in [4.69, 9.17) is 52.2 Å². The summed E-state index contributed by atoms with van der Waals surface area (Å²) in [4.78, 5) is 54.1. The molecular formula is C24H26FN9O8P2S2. The molecule has 3 aliphatic rings. The van der Waals surface area contributed by atoms with Crippen molar-refractivity contribution in [2.45, 2.75) is 37.1 Å². The number of nitrogens with two attached hydrogens (primary N) is 1. The summed E-state index contributed by atoms with van der Waals surface area (Å²) in [5.41, 5.74) is 6.82. The molecule has 2 saturated heterocycles. The second kappa shape index (κ2) is 11.2. The van der Waals surface area contributed by atoms with Crippen molar-refractivity contribution in [1.82, 2.24) is 38.5 Å². The molecule has 5 N–H and O–H groups in total. The topological polar surface area (TPSA) is 211 Å². The zero-order valence-electron chi connectivity index (χ0n) is 23.5. The Labute approximate surface area is 267 Å². The predicted molar refractivity (Wildman–Crippen MR) is 166 cm³/mol. The number of ether oxygens (including phenoxy) is 1. The Morgan fingerprint density at radius 3 is 2.70 bits per heavy atom. The fourth-order valence-corrected chi connectivity index (χ4v) is 9.01. The summed E-state index contributed by atoms with van der Waals surface area (Å²) in [6.07, 6.45) is 2.12. The molecule has 9 atom stereocenters. The fraction of sp³-hybridized carbons (Fsp3) is 0.458. The molecule has 1 aliphatic carbocycles. The second-order valence-electron chi connectivity index (χ2n) is 11.2. The summed E-state index contributed by atoms with van der Waals surface area (Å²) in [5.74, 6) is -0.0227. The number of aromatic amines is 1. The van der Waals surface area contributed by atoms with Gasteiger partial charge in [0.15, 0.2) is 23.9 Å². The van der Waals surface area contributed by atoms with Crippen LogP contribution in [0.3, 0.4) is 0 Å². The van der Waals surface area contributed by atoms with Crippen LogP contribution >= 0.6 is 13.4 Å². The van der Waals surface area contributed by atoms with Gasteiger partial charge in [0, 0.05) is 30.6 Å². The number of aromatic nitrogens is 8. The maximum absolute atomic E-state index is 16.3. The SMILES string of the molecule is Nc1ncnc2c1ncn2[C@@H]1C[C@@H]2COP(O)(=S)O[C@H]3[C@@H](F)[C@H](n4ccc5c(=O)[nH]c6nccn6c54)O[C@@H]3COP(O)(=S)OC[C@H]21. The second-order valence-corrected chi connectivity index (χ2v) is 16.9. The third kappa shape index (κ3) is 5.12. The number of anilines is 1. The molecule has 2 unspecified atom stereocenters. The van der Waals surface area contributed by atoms with Gasteiger partial charge in [0.1, 0.15) is 29.7 Å². The average Bonchev–Trinajstić information content (AvgIpc) is 3.78. The molecule has 0 radical (unpaired) electrons. The van der Waals surface area contributed by atoms with Crippen molar-refractivity contribution in [2.75, 3.05) is 25.6 Å². The van der Waals surface area contributed by atoms with Crippen LogP contribution in [0.2, 0.25) is 0 Å². The Morgan fingerprint density at radius 1 is 1.04 bits per heavy atom. The number of hydrogen-bond donors (Lipinski definition) is 4. The fourth-order valence-electron chi connectivity index (χ4n) is 6.40. The van der Waals surface area contributed by atoms with E-state index in [0.717, 1.165) is 0 Å². The Balaban J connectivity index is 1.07. The summed E-state index contributed by atoms with van der Waals surface area (Å²) in [5, 5.41) is 0.267. The van der Waals surface area contributed by atoms with E-state index < -0.39 is 50.2 Å². The number of halogens is 1. The van der Waals surface area contributed by atoms with Crippen LogP contribution in [0.4, 0.5) is 10.2 Å². The van der Waals surface area contributed by atoms with Gasteiger partial charge in [-0.15, -0.1) is 0 Å². The summed E-state index contributed by atoms with van der Waals surface area (Å²) in [6, 6.07) is 1.32. The highest BCUT2D eigenvalue weighted by Crippen LogP contribution is 2.55. The molecule has 5 aromatic heterocycles. The zero-order valence-corrected chi connectivity index (χ0v) is 26.9. The molecule has 5 aromatic rings. The van der Waals surface area contributed by atoms with Gasteiger partial charge in [0.05, 0.1) is 31.5 Å². The quantitative estimate of drug-likeness (QED) is 0.192. The zero-order chi connectivity index (χ0) is 32.0. The number of nitrogens with one attached hydrogen (secondary N) is 1. The van der Waals surface area contributed by atoms with Crippen LogP contribution in [0.15, 0.2) is 42.1 Å². The van der Waals surface area contributed by atoms with Gasteiger partial charge in [-0.25, -0.2) is 24.3 Å². The molecule has 7 heterocycles. The van der Waals surface area contributed by atoms with Crippen LogP contribution in [0.5, 0.6) is 0 Å². The number of H-pyrrole nitrogens is 1. The first-order valence-corrected chi connectivity index (χ1v) is 19.2. The highest BCUT2D eigenvalue weighted by molar-refractivity contribution is 8.07. The molecule has 244 valence electrons. The van der Waals surface area contributed by atoms with Crippen LogP contribution < -0.4 is 11.3 Å². The van der Waals surface area contributed by atoms with E-state index in [1.165, 1.54) is 29.4 Å². The first-order chi connectivity index (χ1) is 22.0. The van der Waals surface area contributed by atoms with Crippen molar-refractivity contribution in [3.8, 4) is 0 Å². The highest BCUT2D eigenvalue weighted by atomic mass is 32.5. The number of alkyl halides is 1. The van der Waals surface area contributed by atoms with Crippen LogP contribution in [0.1, 0.15) is 18.7 Å². The molecule has 0 aromatic carbocycles. The van der Waals surface area contributed by atoms with Gasteiger partial charge in [-0.2, -0.15) is 0 Å². The standard InChI is InChI=1S/C24H26FN9O8P2S2/c25-16-18-15(41-23(16)32-3-1-12-21(35)31-24-27-2-4-33(24)22(12)32)8-40-43(36,45)39-7-13-11(6-38-44(37,46)42-18)5-14(13)34-10-30-17-19(26)28-9-29-20(17)34/h1-4,9-11,13-16,18,23H,5-8H2,(H,36,45)(H,37,46)(H2,26,28,29)(H,27,31,35)/t11-,13-,14-,15-,16-,18-,23-,43?,44?/m1/s1. The molecule has 0 bridgehead atoms. The van der Waals surface area contributed by atoms with Gasteiger partial charge in [-0.3, -0.25) is 18.7 Å². The lowest BCUT2D eigenvalue weighted by Gasteiger charge is -2.45. The number of hydrogen-bond acceptors (Lipinski definition) is 13. The smallest absolute Gasteiger partial charge is 0.324 e. The Hall–Kier alpha value is -2.74. The third-order valence-corrected chi connectivity index (χ3v) is 11.8. The molecule has 1 saturated carbocycles. The van der Waals surface area contributed by atoms with E-state index in [1.54, 1.807) is 16.9 Å². The van der Waals surface area contributed by atoms with Crippen molar-refractivity contribution in [1.29, 1.82) is 0 Å². The Bertz CT molecular complexity index is 2140. The first-order valence-electron chi connectivity index (χ1n) is 14.1. The maximum Gasteiger partial charge on any atom is 0.324 e. The highest BCUT2D eigenvalue weighted by Gasteiger charge is 2.51. The third-order valence-electron chi connectivity index (χ3n) is 8.69. The van der Waals surface area contributed by atoms with E-state index in [0.29, 0.717) is 23.2 Å². The molecule has 3 fully saturated rings. The number of imidazole rings is 2. The lowest BCUT2D eigenvalue weighted by Crippen LogP contribution is -2.43. The number of nitrogen functional groups attached to an aromatic ring is 1. The molecular weight excluding hydrogens is 687 g/mol. The Kier molecular flexibility index (Phi) is 7.43. The van der Waals surface area contributed by atoms with Crippen LogP contribution in [-0.2, 0) is 46.4 Å². The minimum absolute atomic E-state index is 0.0318. The number of fused-ring (bicyclic) bond motifs is 6. The average molecular weight is 714 g/mol. The molecule has 17 nitrogen and oxygen atoms in total. The normalized spacial score (nSPS) is 35.7. The van der Waals surface area contributed by atoms with Gasteiger partial charge in [-0.05, 0) is 42.0 Å². The predicted octanol–water partition coefficient (Wildman–Crippen LogP) is 1.69. The maximum atomic E-state index is 16.3. The summed E-state index contributed by atoms with van der Waals surface area (Å²) in [7, 11) is 0. The van der Waals surface area contributed by atoms with Crippen molar-refractivity contribution < 1.29 is 37.0 Å². The molecule has 0 amide bonds. The molecule has 0 spiro atoms. The van der Waals surface area contributed by atoms with Gasteiger partial charge < -0.3 is 43.0 Å². The lowest BCUT2D eigenvalue weighted by molar-refractivity contribution is -0.0425. The van der Waals surface area contributed by atoms with Crippen LogP contribution in [0, 0.1) is 11.8 Å². The molecule has 8 rings (SSSR count). The van der Waals surface area contributed by atoms with E-state index in [-0.39, 0.29) is 48.1 Å². The minimum Gasteiger partial charge on any atom is -0.382 e. The van der Waals surface area contributed by atoms with Crippen molar-refractivity contribution in [3.05, 3.63) is 47.7 Å². The van der Waals surface area contributed by atoms with Crippen molar-refractivity contribution >= 4 is 70.8 Å². The van der Waals surface area contributed by atoms with Gasteiger partial charge in [-0.1, -0.05) is 0 Å².